The lowest BCUT2D eigenvalue weighted by atomic mass is 10.1. The summed E-state index contributed by atoms with van der Waals surface area (Å²) in [7, 11) is -3.76. The van der Waals surface area contributed by atoms with Gasteiger partial charge in [0.1, 0.15) is 5.00 Å². The van der Waals surface area contributed by atoms with E-state index < -0.39 is 16.0 Å². The normalized spacial score (nSPS) is 11.3. The van der Waals surface area contributed by atoms with Crippen LogP contribution in [0.4, 0.5) is 5.00 Å². The summed E-state index contributed by atoms with van der Waals surface area (Å²) < 4.78 is 32.8. The Morgan fingerprint density at radius 1 is 1.17 bits per heavy atom. The van der Waals surface area contributed by atoms with Crippen molar-refractivity contribution in [1.82, 2.24) is 0 Å². The molecule has 0 unspecified atom stereocenters. The molecular weight excluding hydrogens is 346 g/mol. The number of hydrogen-bond acceptors (Lipinski definition) is 5. The van der Waals surface area contributed by atoms with Gasteiger partial charge in [0.2, 0.25) is 0 Å². The Bertz CT molecular complexity index is 836. The standard InChI is InChI=1S/C17H21NO4S2/c1-5-14-12(4)23-16(15(14)17(19)22-6-2)18-24(20,21)13-9-7-11(3)8-10-13/h7-10,18H,5-6H2,1-4H3. The lowest BCUT2D eigenvalue weighted by Crippen LogP contribution is -2.15. The zero-order chi connectivity index (χ0) is 17.9. The Morgan fingerprint density at radius 2 is 1.79 bits per heavy atom. The SMILES string of the molecule is CCOC(=O)c1c(NS(=O)(=O)c2ccc(C)cc2)sc(C)c1CC. The highest BCUT2D eigenvalue weighted by molar-refractivity contribution is 7.93. The van der Waals surface area contributed by atoms with E-state index in [4.69, 9.17) is 4.74 Å². The van der Waals surface area contributed by atoms with Crippen LogP contribution in [0.5, 0.6) is 0 Å². The van der Waals surface area contributed by atoms with E-state index >= 15 is 0 Å². The van der Waals surface area contributed by atoms with Crippen molar-refractivity contribution >= 4 is 32.3 Å². The van der Waals surface area contributed by atoms with Gasteiger partial charge in [0.25, 0.3) is 10.0 Å². The van der Waals surface area contributed by atoms with Gasteiger partial charge in [0, 0.05) is 4.88 Å². The van der Waals surface area contributed by atoms with Crippen molar-refractivity contribution in [3.05, 3.63) is 45.8 Å². The van der Waals surface area contributed by atoms with Crippen LogP contribution in [0.15, 0.2) is 29.2 Å². The number of rotatable bonds is 6. The molecule has 1 heterocycles. The first-order valence-corrected chi connectivity index (χ1v) is 9.99. The number of aryl methyl sites for hydroxylation is 2. The molecule has 0 aliphatic rings. The van der Waals surface area contributed by atoms with Crippen LogP contribution in [-0.2, 0) is 21.2 Å². The Morgan fingerprint density at radius 3 is 2.33 bits per heavy atom. The minimum atomic E-state index is -3.76. The molecule has 2 aromatic rings. The molecule has 0 saturated carbocycles. The third kappa shape index (κ3) is 3.79. The van der Waals surface area contributed by atoms with Gasteiger partial charge >= 0.3 is 5.97 Å². The molecule has 0 radical (unpaired) electrons. The van der Waals surface area contributed by atoms with E-state index in [-0.39, 0.29) is 11.5 Å². The van der Waals surface area contributed by atoms with E-state index in [1.165, 1.54) is 11.3 Å². The van der Waals surface area contributed by atoms with Crippen LogP contribution < -0.4 is 4.72 Å². The van der Waals surface area contributed by atoms with Crippen molar-refractivity contribution in [2.45, 2.75) is 39.0 Å². The minimum Gasteiger partial charge on any atom is -0.462 e. The summed E-state index contributed by atoms with van der Waals surface area (Å²) in [5, 5.41) is 0.309. The van der Waals surface area contributed by atoms with E-state index in [1.807, 2.05) is 20.8 Å². The monoisotopic (exact) mass is 367 g/mol. The lowest BCUT2D eigenvalue weighted by molar-refractivity contribution is 0.0527. The molecule has 2 rings (SSSR count). The summed E-state index contributed by atoms with van der Waals surface area (Å²) in [6.45, 7) is 7.64. The lowest BCUT2D eigenvalue weighted by Gasteiger charge is -2.10. The molecule has 0 atom stereocenters. The van der Waals surface area contributed by atoms with Crippen molar-refractivity contribution in [3.8, 4) is 0 Å². The molecule has 1 aromatic heterocycles. The van der Waals surface area contributed by atoms with Gasteiger partial charge in [0.05, 0.1) is 17.1 Å². The summed E-state index contributed by atoms with van der Waals surface area (Å²) in [5.41, 5.74) is 2.11. The van der Waals surface area contributed by atoms with Gasteiger partial charge in [-0.05, 0) is 44.9 Å². The van der Waals surface area contributed by atoms with Crippen LogP contribution >= 0.6 is 11.3 Å². The number of carbonyl (C=O) groups excluding carboxylic acids is 1. The number of sulfonamides is 1. The summed E-state index contributed by atoms with van der Waals surface area (Å²) in [6.07, 6.45) is 0.628. The van der Waals surface area contributed by atoms with Gasteiger partial charge in [-0.1, -0.05) is 24.6 Å². The molecule has 5 nitrogen and oxygen atoms in total. The largest absolute Gasteiger partial charge is 0.462 e. The maximum Gasteiger partial charge on any atom is 0.341 e. The van der Waals surface area contributed by atoms with Crippen LogP contribution in [0.2, 0.25) is 0 Å². The highest BCUT2D eigenvalue weighted by Gasteiger charge is 2.25. The number of thiophene rings is 1. The fraction of sp³-hybridized carbons (Fsp3) is 0.353. The Balaban J connectivity index is 2.45. The fourth-order valence-electron chi connectivity index (χ4n) is 2.39. The third-order valence-corrected chi connectivity index (χ3v) is 6.16. The highest BCUT2D eigenvalue weighted by atomic mass is 32.2. The van der Waals surface area contributed by atoms with Crippen molar-refractivity contribution in [2.75, 3.05) is 11.3 Å². The van der Waals surface area contributed by atoms with Gasteiger partial charge < -0.3 is 4.74 Å². The van der Waals surface area contributed by atoms with Crippen molar-refractivity contribution < 1.29 is 17.9 Å². The summed E-state index contributed by atoms with van der Waals surface area (Å²) >= 11 is 1.25. The molecule has 0 saturated heterocycles. The van der Waals surface area contributed by atoms with Gasteiger partial charge in [0.15, 0.2) is 0 Å². The summed E-state index contributed by atoms with van der Waals surface area (Å²) in [6, 6.07) is 6.56. The number of anilines is 1. The molecule has 7 heteroatoms. The quantitative estimate of drug-likeness (QED) is 0.786. The van der Waals surface area contributed by atoms with Crippen molar-refractivity contribution in [1.29, 1.82) is 0 Å². The number of benzene rings is 1. The van der Waals surface area contributed by atoms with E-state index in [0.29, 0.717) is 17.0 Å². The molecule has 0 fully saturated rings. The minimum absolute atomic E-state index is 0.159. The van der Waals surface area contributed by atoms with Crippen LogP contribution in [-0.4, -0.2) is 21.0 Å². The number of esters is 1. The van der Waals surface area contributed by atoms with Crippen LogP contribution in [0.1, 0.15) is 40.2 Å². The predicted molar refractivity (Wildman–Crippen MR) is 96.4 cm³/mol. The van der Waals surface area contributed by atoms with Gasteiger partial charge in [-0.3, -0.25) is 4.72 Å². The molecular formula is C17H21NO4S2. The molecule has 0 spiro atoms. The topological polar surface area (TPSA) is 72.5 Å². The van der Waals surface area contributed by atoms with E-state index in [0.717, 1.165) is 16.0 Å². The second-order valence-corrected chi connectivity index (χ2v) is 8.24. The average molecular weight is 367 g/mol. The Hall–Kier alpha value is -1.86. The molecule has 1 N–H and O–H groups in total. The third-order valence-electron chi connectivity index (χ3n) is 3.60. The molecule has 1 aromatic carbocycles. The van der Waals surface area contributed by atoms with E-state index in [9.17, 15) is 13.2 Å². The highest BCUT2D eigenvalue weighted by Crippen LogP contribution is 2.35. The fourth-order valence-corrected chi connectivity index (χ4v) is 4.83. The van der Waals surface area contributed by atoms with Crippen molar-refractivity contribution in [2.24, 2.45) is 0 Å². The maximum atomic E-state index is 12.6. The number of nitrogens with one attached hydrogen (secondary N) is 1. The Kier molecular flexibility index (Phi) is 5.66. The zero-order valence-electron chi connectivity index (χ0n) is 14.2. The van der Waals surface area contributed by atoms with Gasteiger partial charge in [-0.15, -0.1) is 11.3 Å². The molecule has 0 aliphatic heterocycles. The first-order valence-electron chi connectivity index (χ1n) is 7.69. The van der Waals surface area contributed by atoms with E-state index in [1.54, 1.807) is 31.2 Å². The molecule has 24 heavy (non-hydrogen) atoms. The number of carbonyl (C=O) groups is 1. The Labute approximate surface area is 146 Å². The molecule has 0 aliphatic carbocycles. The smallest absolute Gasteiger partial charge is 0.341 e. The van der Waals surface area contributed by atoms with Crippen molar-refractivity contribution in [3.63, 3.8) is 0 Å². The number of ether oxygens (including phenoxy) is 1. The maximum absolute atomic E-state index is 12.6. The first kappa shape index (κ1) is 18.5. The second kappa shape index (κ2) is 7.36. The average Bonchev–Trinajstić information content (AvgIpc) is 2.82. The second-order valence-electron chi connectivity index (χ2n) is 5.33. The molecule has 0 amide bonds. The zero-order valence-corrected chi connectivity index (χ0v) is 15.8. The number of hydrogen-bond donors (Lipinski definition) is 1. The molecule has 0 bridgehead atoms. The van der Waals surface area contributed by atoms with Gasteiger partial charge in [-0.25, -0.2) is 13.2 Å². The van der Waals surface area contributed by atoms with Crippen LogP contribution in [0.3, 0.4) is 0 Å². The molecule has 130 valence electrons. The predicted octanol–water partition coefficient (Wildman–Crippen LogP) is 3.90. The van der Waals surface area contributed by atoms with Gasteiger partial charge in [-0.2, -0.15) is 0 Å². The summed E-state index contributed by atoms with van der Waals surface area (Å²) in [5.74, 6) is -0.500. The van der Waals surface area contributed by atoms with Crippen LogP contribution in [0, 0.1) is 13.8 Å². The summed E-state index contributed by atoms with van der Waals surface area (Å²) in [4.78, 5) is 13.3. The van der Waals surface area contributed by atoms with E-state index in [2.05, 4.69) is 4.72 Å². The van der Waals surface area contributed by atoms with Crippen LogP contribution in [0.25, 0.3) is 0 Å². The first-order chi connectivity index (χ1) is 11.3.